The number of amides is 1. The van der Waals surface area contributed by atoms with Gasteiger partial charge in [0.2, 0.25) is 5.91 Å². The summed E-state index contributed by atoms with van der Waals surface area (Å²) in [6, 6.07) is 0. The summed E-state index contributed by atoms with van der Waals surface area (Å²) in [6.07, 6.45) is 6.64. The molecule has 1 atom stereocenters. The normalized spacial score (nSPS) is 20.5. The molecule has 0 spiro atoms. The quantitative estimate of drug-likeness (QED) is 0.808. The van der Waals surface area contributed by atoms with E-state index in [1.807, 2.05) is 4.57 Å². The number of nitrogens with one attached hydrogen (secondary N) is 1. The van der Waals surface area contributed by atoms with Gasteiger partial charge in [0.05, 0.1) is 25.3 Å². The Kier molecular flexibility index (Phi) is 5.16. The van der Waals surface area contributed by atoms with Gasteiger partial charge in [0.1, 0.15) is 11.5 Å². The third kappa shape index (κ3) is 3.58. The summed E-state index contributed by atoms with van der Waals surface area (Å²) >= 11 is 0. The minimum absolute atomic E-state index is 0.0253. The molecule has 0 aliphatic carbocycles. The molecule has 1 N–H and O–H groups in total. The number of ether oxygens (including phenoxy) is 1. The first kappa shape index (κ1) is 17.0. The van der Waals surface area contributed by atoms with Gasteiger partial charge in [0.15, 0.2) is 5.82 Å². The summed E-state index contributed by atoms with van der Waals surface area (Å²) < 4.78 is 7.34. The standard InChI is InChI=1S/C17H23N7O2/c25-17(20-5-7-23-8-10-26-11-9-23)13-2-1-6-24-15(13)21-22-16(24)14-12-18-3-4-19-14/h3-4,12-13H,1-2,5-11H2,(H,20,25). The van der Waals surface area contributed by atoms with E-state index in [-0.39, 0.29) is 11.8 Å². The van der Waals surface area contributed by atoms with Crippen molar-refractivity contribution in [3.8, 4) is 11.5 Å². The topological polar surface area (TPSA) is 98.1 Å². The van der Waals surface area contributed by atoms with E-state index >= 15 is 0 Å². The minimum atomic E-state index is -0.258. The van der Waals surface area contributed by atoms with Gasteiger partial charge in [-0.05, 0) is 12.8 Å². The Balaban J connectivity index is 1.41. The molecule has 2 aliphatic heterocycles. The van der Waals surface area contributed by atoms with Crippen LogP contribution in [0.15, 0.2) is 18.6 Å². The molecule has 1 saturated heterocycles. The lowest BCUT2D eigenvalue weighted by molar-refractivity contribution is -0.123. The van der Waals surface area contributed by atoms with Crippen molar-refractivity contribution in [1.29, 1.82) is 0 Å². The zero-order chi connectivity index (χ0) is 17.8. The Hall–Kier alpha value is -2.39. The number of carbonyl (C=O) groups excluding carboxylic acids is 1. The Morgan fingerprint density at radius 2 is 2.12 bits per heavy atom. The zero-order valence-corrected chi connectivity index (χ0v) is 14.7. The average Bonchev–Trinajstić information content (AvgIpc) is 3.13. The summed E-state index contributed by atoms with van der Waals surface area (Å²) in [5, 5.41) is 11.6. The zero-order valence-electron chi connectivity index (χ0n) is 14.7. The van der Waals surface area contributed by atoms with Gasteiger partial charge in [-0.25, -0.2) is 4.98 Å². The second-order valence-corrected chi connectivity index (χ2v) is 6.56. The maximum absolute atomic E-state index is 12.7. The second kappa shape index (κ2) is 7.88. The summed E-state index contributed by atoms with van der Waals surface area (Å²) in [4.78, 5) is 23.4. The Bertz CT molecular complexity index is 743. The third-order valence-electron chi connectivity index (χ3n) is 4.91. The molecule has 1 amide bonds. The Morgan fingerprint density at radius 3 is 2.92 bits per heavy atom. The fourth-order valence-corrected chi connectivity index (χ4v) is 3.51. The predicted octanol–water partition coefficient (Wildman–Crippen LogP) is 0.0609. The van der Waals surface area contributed by atoms with Crippen LogP contribution in [0.1, 0.15) is 24.6 Å². The lowest BCUT2D eigenvalue weighted by Crippen LogP contribution is -2.42. The van der Waals surface area contributed by atoms with Crippen molar-refractivity contribution in [2.45, 2.75) is 25.3 Å². The Morgan fingerprint density at radius 1 is 1.23 bits per heavy atom. The number of hydrogen-bond donors (Lipinski definition) is 1. The van der Waals surface area contributed by atoms with Gasteiger partial charge in [-0.15, -0.1) is 10.2 Å². The van der Waals surface area contributed by atoms with Crippen LogP contribution < -0.4 is 5.32 Å². The molecular formula is C17H23N7O2. The molecule has 0 radical (unpaired) electrons. The number of morpholine rings is 1. The SMILES string of the molecule is O=C(NCCN1CCOCC1)C1CCCn2c(-c3cnccn3)nnc21. The molecule has 1 fully saturated rings. The summed E-state index contributed by atoms with van der Waals surface area (Å²) in [6.45, 7) is 5.67. The molecule has 0 bridgehead atoms. The molecule has 2 aromatic heterocycles. The monoisotopic (exact) mass is 357 g/mol. The van der Waals surface area contributed by atoms with Crippen molar-refractivity contribution in [2.75, 3.05) is 39.4 Å². The predicted molar refractivity (Wildman–Crippen MR) is 93.3 cm³/mol. The van der Waals surface area contributed by atoms with E-state index in [0.717, 1.165) is 58.1 Å². The van der Waals surface area contributed by atoms with Gasteiger partial charge in [-0.1, -0.05) is 0 Å². The van der Waals surface area contributed by atoms with Crippen molar-refractivity contribution in [3.05, 3.63) is 24.4 Å². The van der Waals surface area contributed by atoms with Crippen LogP contribution in [0.5, 0.6) is 0 Å². The van der Waals surface area contributed by atoms with Gasteiger partial charge in [-0.3, -0.25) is 14.7 Å². The van der Waals surface area contributed by atoms with E-state index in [0.29, 0.717) is 18.1 Å². The number of fused-ring (bicyclic) bond motifs is 1. The first-order valence-corrected chi connectivity index (χ1v) is 9.10. The summed E-state index contributed by atoms with van der Waals surface area (Å²) in [5.41, 5.74) is 0.680. The molecule has 26 heavy (non-hydrogen) atoms. The van der Waals surface area contributed by atoms with Gasteiger partial charge in [0.25, 0.3) is 0 Å². The molecule has 0 saturated carbocycles. The van der Waals surface area contributed by atoms with Crippen LogP contribution in [0.4, 0.5) is 0 Å². The lowest BCUT2D eigenvalue weighted by atomic mass is 9.98. The first-order valence-electron chi connectivity index (χ1n) is 9.10. The molecule has 9 heteroatoms. The third-order valence-corrected chi connectivity index (χ3v) is 4.91. The maximum atomic E-state index is 12.7. The molecule has 4 heterocycles. The van der Waals surface area contributed by atoms with Crippen LogP contribution in [0.2, 0.25) is 0 Å². The van der Waals surface area contributed by atoms with Gasteiger partial charge < -0.3 is 14.6 Å². The van der Waals surface area contributed by atoms with Crippen LogP contribution >= 0.6 is 0 Å². The van der Waals surface area contributed by atoms with Crippen LogP contribution in [0.3, 0.4) is 0 Å². The highest BCUT2D eigenvalue weighted by atomic mass is 16.5. The summed E-state index contributed by atoms with van der Waals surface area (Å²) in [7, 11) is 0. The van der Waals surface area contributed by atoms with Crippen LogP contribution in [-0.2, 0) is 16.1 Å². The lowest BCUT2D eigenvalue weighted by Gasteiger charge is -2.27. The highest BCUT2D eigenvalue weighted by molar-refractivity contribution is 5.83. The van der Waals surface area contributed by atoms with Crippen molar-refractivity contribution in [2.24, 2.45) is 0 Å². The second-order valence-electron chi connectivity index (χ2n) is 6.56. The van der Waals surface area contributed by atoms with Gasteiger partial charge >= 0.3 is 0 Å². The number of aromatic nitrogens is 5. The maximum Gasteiger partial charge on any atom is 0.230 e. The van der Waals surface area contributed by atoms with Crippen molar-refractivity contribution >= 4 is 5.91 Å². The van der Waals surface area contributed by atoms with Gasteiger partial charge in [0, 0.05) is 45.1 Å². The molecule has 9 nitrogen and oxygen atoms in total. The van der Waals surface area contributed by atoms with Crippen molar-refractivity contribution in [1.82, 2.24) is 34.9 Å². The minimum Gasteiger partial charge on any atom is -0.379 e. The number of hydrogen-bond acceptors (Lipinski definition) is 7. The number of rotatable bonds is 5. The van der Waals surface area contributed by atoms with Crippen molar-refractivity contribution in [3.63, 3.8) is 0 Å². The van der Waals surface area contributed by atoms with Gasteiger partial charge in [-0.2, -0.15) is 0 Å². The smallest absolute Gasteiger partial charge is 0.230 e. The Labute approximate surface area is 151 Å². The largest absolute Gasteiger partial charge is 0.379 e. The van der Waals surface area contributed by atoms with E-state index in [4.69, 9.17) is 4.74 Å². The molecule has 4 rings (SSSR count). The van der Waals surface area contributed by atoms with Crippen LogP contribution in [0.25, 0.3) is 11.5 Å². The fourth-order valence-electron chi connectivity index (χ4n) is 3.51. The van der Waals surface area contributed by atoms with E-state index in [9.17, 15) is 4.79 Å². The highest BCUT2D eigenvalue weighted by Crippen LogP contribution is 2.29. The average molecular weight is 357 g/mol. The van der Waals surface area contributed by atoms with E-state index in [1.54, 1.807) is 18.6 Å². The van der Waals surface area contributed by atoms with Crippen LogP contribution in [-0.4, -0.2) is 74.9 Å². The summed E-state index contributed by atoms with van der Waals surface area (Å²) in [5.74, 6) is 1.17. The molecule has 2 aromatic rings. The first-order chi connectivity index (χ1) is 12.8. The van der Waals surface area contributed by atoms with E-state index in [2.05, 4.69) is 30.4 Å². The highest BCUT2D eigenvalue weighted by Gasteiger charge is 2.31. The molecule has 138 valence electrons. The number of nitrogens with zero attached hydrogens (tertiary/aromatic N) is 6. The molecule has 2 aliphatic rings. The van der Waals surface area contributed by atoms with Crippen LogP contribution in [0, 0.1) is 0 Å². The molecule has 0 aromatic carbocycles. The van der Waals surface area contributed by atoms with E-state index < -0.39 is 0 Å². The molecular weight excluding hydrogens is 334 g/mol. The number of carbonyl (C=O) groups is 1. The van der Waals surface area contributed by atoms with Crippen molar-refractivity contribution < 1.29 is 9.53 Å². The fraction of sp³-hybridized carbons (Fsp3) is 0.588. The molecule has 1 unspecified atom stereocenters. The van der Waals surface area contributed by atoms with E-state index in [1.165, 1.54) is 0 Å².